The standard InChI is InChI=1S/C40H75O10P/c1-3-5-7-9-11-13-15-17-18-20-22-24-26-28-30-32-40(44)50-38(36-49-51(45,46)48-34-37(42)33-41)35-47-39(43)31-29-27-25-23-21-19-16-14-12-10-8-6-4-2/h3,14,16,37-38,41-42H,1,4-13,15,17-36H2,2H3,(H,45,46)/b16-14+/t37-,38+/m0/s1. The number of aliphatic hydroxyl groups excluding tert-OH is 2. The van der Waals surface area contributed by atoms with Crippen molar-refractivity contribution < 1.29 is 47.8 Å². The van der Waals surface area contributed by atoms with Crippen LogP contribution in [-0.4, -0.2) is 65.7 Å². The second-order valence-corrected chi connectivity index (χ2v) is 15.2. The van der Waals surface area contributed by atoms with Gasteiger partial charge in [0.05, 0.1) is 19.8 Å². The van der Waals surface area contributed by atoms with Crippen molar-refractivity contribution in [1.82, 2.24) is 0 Å². The maximum absolute atomic E-state index is 12.6. The molecule has 0 fully saturated rings. The van der Waals surface area contributed by atoms with Gasteiger partial charge in [0.2, 0.25) is 0 Å². The predicted molar refractivity (Wildman–Crippen MR) is 205 cm³/mol. The minimum atomic E-state index is -4.61. The van der Waals surface area contributed by atoms with Crippen LogP contribution in [0.15, 0.2) is 24.8 Å². The monoisotopic (exact) mass is 747 g/mol. The van der Waals surface area contributed by atoms with Crippen molar-refractivity contribution in [2.75, 3.05) is 26.4 Å². The molecule has 0 amide bonds. The zero-order valence-corrected chi connectivity index (χ0v) is 33.1. The minimum absolute atomic E-state index is 0.183. The molecule has 0 saturated heterocycles. The SMILES string of the molecule is C=CCCCCCCCCCCCCCCCC(=O)O[C@H](COC(=O)CCCCCCC/C=C/CCCCCC)COP(=O)(O)OC[C@@H](O)CO. The molecule has 51 heavy (non-hydrogen) atoms. The summed E-state index contributed by atoms with van der Waals surface area (Å²) < 4.78 is 32.6. The number of allylic oxidation sites excluding steroid dienone is 3. The molecule has 0 aliphatic carbocycles. The Labute approximate surface area is 310 Å². The Morgan fingerprint density at radius 2 is 1.06 bits per heavy atom. The smallest absolute Gasteiger partial charge is 0.462 e. The fourth-order valence-electron chi connectivity index (χ4n) is 5.56. The molecule has 0 bridgehead atoms. The molecule has 1 unspecified atom stereocenters. The highest BCUT2D eigenvalue weighted by atomic mass is 31.2. The van der Waals surface area contributed by atoms with Crippen molar-refractivity contribution >= 4 is 19.8 Å². The fourth-order valence-corrected chi connectivity index (χ4v) is 6.35. The van der Waals surface area contributed by atoms with E-state index in [9.17, 15) is 24.2 Å². The Morgan fingerprint density at radius 3 is 1.55 bits per heavy atom. The molecule has 0 rings (SSSR count). The fraction of sp³-hybridized carbons (Fsp3) is 0.850. The highest BCUT2D eigenvalue weighted by molar-refractivity contribution is 7.47. The second kappa shape index (κ2) is 36.8. The number of hydrogen-bond acceptors (Lipinski definition) is 9. The van der Waals surface area contributed by atoms with Crippen LogP contribution in [0.1, 0.15) is 180 Å². The maximum Gasteiger partial charge on any atom is 0.472 e. The van der Waals surface area contributed by atoms with Crippen LogP contribution in [0.3, 0.4) is 0 Å². The summed E-state index contributed by atoms with van der Waals surface area (Å²) in [6.45, 7) is 3.87. The van der Waals surface area contributed by atoms with Gasteiger partial charge < -0.3 is 24.6 Å². The summed E-state index contributed by atoms with van der Waals surface area (Å²) >= 11 is 0. The van der Waals surface area contributed by atoms with Gasteiger partial charge in [-0.2, -0.15) is 0 Å². The first-order valence-electron chi connectivity index (χ1n) is 20.3. The summed E-state index contributed by atoms with van der Waals surface area (Å²) in [5.41, 5.74) is 0. The zero-order valence-electron chi connectivity index (χ0n) is 32.2. The third-order valence-electron chi connectivity index (χ3n) is 8.72. The number of esters is 2. The van der Waals surface area contributed by atoms with E-state index in [0.29, 0.717) is 12.8 Å². The molecule has 3 atom stereocenters. The number of unbranched alkanes of at least 4 members (excludes halogenated alkanes) is 22. The van der Waals surface area contributed by atoms with Crippen LogP contribution in [0.2, 0.25) is 0 Å². The quantitative estimate of drug-likeness (QED) is 0.0240. The molecule has 0 aromatic rings. The van der Waals surface area contributed by atoms with Crippen LogP contribution in [0.25, 0.3) is 0 Å². The lowest BCUT2D eigenvalue weighted by Gasteiger charge is -2.20. The summed E-state index contributed by atoms with van der Waals surface area (Å²) in [6, 6.07) is 0. The molecule has 0 saturated carbocycles. The largest absolute Gasteiger partial charge is 0.472 e. The normalized spacial score (nSPS) is 14.0. The summed E-state index contributed by atoms with van der Waals surface area (Å²) in [5.74, 6) is -0.935. The predicted octanol–water partition coefficient (Wildman–Crippen LogP) is 10.2. The number of carbonyl (C=O) groups is 2. The van der Waals surface area contributed by atoms with E-state index in [1.165, 1.54) is 83.5 Å². The first-order valence-corrected chi connectivity index (χ1v) is 21.7. The van der Waals surface area contributed by atoms with E-state index in [0.717, 1.165) is 64.2 Å². The average molecular weight is 747 g/mol. The van der Waals surface area contributed by atoms with Gasteiger partial charge in [0, 0.05) is 12.8 Å². The molecule has 0 aromatic heterocycles. The highest BCUT2D eigenvalue weighted by Gasteiger charge is 2.27. The molecule has 0 aliphatic rings. The maximum atomic E-state index is 12.6. The van der Waals surface area contributed by atoms with Crippen molar-refractivity contribution in [2.24, 2.45) is 0 Å². The number of hydrogen-bond donors (Lipinski definition) is 3. The van der Waals surface area contributed by atoms with E-state index in [1.807, 2.05) is 6.08 Å². The topological polar surface area (TPSA) is 149 Å². The summed E-state index contributed by atoms with van der Waals surface area (Å²) in [5, 5.41) is 18.3. The second-order valence-electron chi connectivity index (χ2n) is 13.7. The van der Waals surface area contributed by atoms with Crippen LogP contribution in [-0.2, 0) is 32.7 Å². The van der Waals surface area contributed by atoms with Crippen molar-refractivity contribution in [2.45, 2.75) is 192 Å². The first-order chi connectivity index (χ1) is 24.7. The Bertz CT molecular complexity index is 896. The first kappa shape index (κ1) is 49.5. The van der Waals surface area contributed by atoms with Crippen molar-refractivity contribution in [3.63, 3.8) is 0 Å². The zero-order chi connectivity index (χ0) is 37.7. The van der Waals surface area contributed by atoms with Crippen molar-refractivity contribution in [1.29, 1.82) is 0 Å². The Morgan fingerprint density at radius 1 is 0.627 bits per heavy atom. The lowest BCUT2D eigenvalue weighted by molar-refractivity contribution is -0.161. The van der Waals surface area contributed by atoms with E-state index in [4.69, 9.17) is 19.1 Å². The van der Waals surface area contributed by atoms with Crippen LogP contribution in [0, 0.1) is 0 Å². The molecule has 11 heteroatoms. The Kier molecular flexibility index (Phi) is 35.7. The van der Waals surface area contributed by atoms with Gasteiger partial charge in [0.15, 0.2) is 6.10 Å². The van der Waals surface area contributed by atoms with Crippen LogP contribution < -0.4 is 0 Å². The third kappa shape index (κ3) is 36.6. The molecule has 10 nitrogen and oxygen atoms in total. The van der Waals surface area contributed by atoms with Crippen LogP contribution >= 0.6 is 7.82 Å². The van der Waals surface area contributed by atoms with Gasteiger partial charge in [-0.15, -0.1) is 6.58 Å². The number of phosphoric acid groups is 1. The van der Waals surface area contributed by atoms with Crippen LogP contribution in [0.5, 0.6) is 0 Å². The lowest BCUT2D eigenvalue weighted by Crippen LogP contribution is -2.29. The van der Waals surface area contributed by atoms with Gasteiger partial charge in [-0.3, -0.25) is 18.6 Å². The summed E-state index contributed by atoms with van der Waals surface area (Å²) in [7, 11) is -4.61. The number of ether oxygens (including phenoxy) is 2. The van der Waals surface area contributed by atoms with Crippen molar-refractivity contribution in [3.8, 4) is 0 Å². The third-order valence-corrected chi connectivity index (χ3v) is 9.68. The molecular weight excluding hydrogens is 671 g/mol. The van der Waals surface area contributed by atoms with E-state index >= 15 is 0 Å². The molecule has 3 N–H and O–H groups in total. The summed E-state index contributed by atoms with van der Waals surface area (Å²) in [4.78, 5) is 34.9. The molecule has 300 valence electrons. The average Bonchev–Trinajstić information content (AvgIpc) is 3.12. The van der Waals surface area contributed by atoms with Gasteiger partial charge >= 0.3 is 19.8 Å². The molecule has 0 spiro atoms. The number of rotatable bonds is 39. The Hall–Kier alpha value is -1.55. The van der Waals surface area contributed by atoms with Gasteiger partial charge in [-0.05, 0) is 51.4 Å². The number of aliphatic hydroxyl groups is 2. The van der Waals surface area contributed by atoms with E-state index in [1.54, 1.807) is 0 Å². The Balaban J connectivity index is 4.32. The van der Waals surface area contributed by atoms with Gasteiger partial charge in [-0.25, -0.2) is 4.57 Å². The lowest BCUT2D eigenvalue weighted by atomic mass is 10.0. The molecule has 0 aliphatic heterocycles. The van der Waals surface area contributed by atoms with Gasteiger partial charge in [0.25, 0.3) is 0 Å². The van der Waals surface area contributed by atoms with E-state index in [2.05, 4.69) is 30.2 Å². The summed E-state index contributed by atoms with van der Waals surface area (Å²) in [6.07, 6.45) is 33.2. The highest BCUT2D eigenvalue weighted by Crippen LogP contribution is 2.43. The minimum Gasteiger partial charge on any atom is -0.462 e. The van der Waals surface area contributed by atoms with Gasteiger partial charge in [0.1, 0.15) is 12.7 Å². The van der Waals surface area contributed by atoms with E-state index < -0.39 is 51.8 Å². The van der Waals surface area contributed by atoms with E-state index in [-0.39, 0.29) is 19.4 Å². The molecule has 0 heterocycles. The van der Waals surface area contributed by atoms with Crippen LogP contribution in [0.4, 0.5) is 0 Å². The number of phosphoric ester groups is 1. The molecular formula is C40H75O10P. The number of carbonyl (C=O) groups excluding carboxylic acids is 2. The van der Waals surface area contributed by atoms with Crippen molar-refractivity contribution in [3.05, 3.63) is 24.8 Å². The van der Waals surface area contributed by atoms with Gasteiger partial charge in [-0.1, -0.05) is 134 Å². The molecule has 0 aromatic carbocycles. The molecule has 0 radical (unpaired) electrons.